The summed E-state index contributed by atoms with van der Waals surface area (Å²) in [5, 5.41) is 14.6. The number of fused-ring (bicyclic) bond motifs is 1. The molecule has 1 aliphatic heterocycles. The molecule has 30 heavy (non-hydrogen) atoms. The molecule has 1 aliphatic rings. The Morgan fingerprint density at radius 2 is 1.83 bits per heavy atom. The largest absolute Gasteiger partial charge is 0.340 e. The zero-order valence-corrected chi connectivity index (χ0v) is 18.0. The van der Waals surface area contributed by atoms with Gasteiger partial charge < -0.3 is 15.5 Å². The van der Waals surface area contributed by atoms with E-state index in [9.17, 15) is 0 Å². The zero-order valence-electron chi connectivity index (χ0n) is 17.2. The molecule has 0 aliphatic carbocycles. The molecule has 0 spiro atoms. The first-order valence-corrected chi connectivity index (χ1v) is 11.1. The van der Waals surface area contributed by atoms with Gasteiger partial charge in [0.05, 0.1) is 23.3 Å². The number of piperidine rings is 1. The predicted molar refractivity (Wildman–Crippen MR) is 123 cm³/mol. The highest BCUT2D eigenvalue weighted by Crippen LogP contribution is 2.33. The number of para-hydroxylation sites is 1. The summed E-state index contributed by atoms with van der Waals surface area (Å²) >= 11 is 1.63. The normalized spacial score (nSPS) is 15.5. The van der Waals surface area contributed by atoms with E-state index in [1.54, 1.807) is 11.3 Å². The Hall–Kier alpha value is -2.97. The molecule has 4 heterocycles. The lowest BCUT2D eigenvalue weighted by molar-refractivity contribution is 0.212. The van der Waals surface area contributed by atoms with Gasteiger partial charge in [0.25, 0.3) is 0 Å². The summed E-state index contributed by atoms with van der Waals surface area (Å²) < 4.78 is 2.08. The summed E-state index contributed by atoms with van der Waals surface area (Å²) in [7, 11) is 2.17. The number of aryl methyl sites for hydroxylation is 1. The minimum Gasteiger partial charge on any atom is -0.340 e. The van der Waals surface area contributed by atoms with Gasteiger partial charge in [0.2, 0.25) is 5.95 Å². The van der Waals surface area contributed by atoms with Crippen LogP contribution in [0.1, 0.15) is 24.4 Å². The number of anilines is 4. The number of aromatic nitrogens is 4. The molecular weight excluding hydrogens is 394 g/mol. The van der Waals surface area contributed by atoms with Crippen molar-refractivity contribution in [3.8, 4) is 0 Å². The number of benzene rings is 1. The van der Waals surface area contributed by atoms with E-state index in [4.69, 9.17) is 9.97 Å². The van der Waals surface area contributed by atoms with E-state index < -0.39 is 0 Å². The number of hydrogen-bond acceptors (Lipinski definition) is 7. The summed E-state index contributed by atoms with van der Waals surface area (Å²) in [6.45, 7) is 4.32. The van der Waals surface area contributed by atoms with Crippen LogP contribution >= 0.6 is 11.3 Å². The van der Waals surface area contributed by atoms with E-state index in [-0.39, 0.29) is 0 Å². The zero-order chi connectivity index (χ0) is 20.5. The molecule has 1 saturated heterocycles. The maximum Gasteiger partial charge on any atom is 0.230 e. The first-order chi connectivity index (χ1) is 14.7. The van der Waals surface area contributed by atoms with Crippen molar-refractivity contribution in [1.29, 1.82) is 0 Å². The van der Waals surface area contributed by atoms with Crippen molar-refractivity contribution in [1.82, 2.24) is 24.6 Å². The van der Waals surface area contributed by atoms with Crippen molar-refractivity contribution < 1.29 is 0 Å². The first kappa shape index (κ1) is 19.0. The molecule has 0 saturated carbocycles. The quantitative estimate of drug-likeness (QED) is 0.477. The van der Waals surface area contributed by atoms with Crippen LogP contribution < -0.4 is 10.6 Å². The molecule has 0 unspecified atom stereocenters. The van der Waals surface area contributed by atoms with Crippen molar-refractivity contribution >= 4 is 44.7 Å². The third-order valence-corrected chi connectivity index (χ3v) is 6.56. The summed E-state index contributed by atoms with van der Waals surface area (Å²) in [5.41, 5.74) is 3.09. The van der Waals surface area contributed by atoms with Gasteiger partial charge in [0.15, 0.2) is 0 Å². The number of thiophene rings is 1. The minimum absolute atomic E-state index is 0.454. The second-order valence-electron chi connectivity index (χ2n) is 7.85. The lowest BCUT2D eigenvalue weighted by atomic mass is 10.1. The Kier molecular flexibility index (Phi) is 5.10. The monoisotopic (exact) mass is 419 g/mol. The molecule has 5 rings (SSSR count). The standard InChI is InChI=1S/C22H25N7S/c1-15-14-30-21-19(15)20(24-16-6-4-3-5-7-16)26-22(27-21)25-17-12-23-29(13-17)18-8-10-28(2)11-9-18/h3-7,12-14,18H,8-11H2,1-2H3,(H2,24,25,26,27). The molecule has 8 heteroatoms. The maximum absolute atomic E-state index is 4.79. The summed E-state index contributed by atoms with van der Waals surface area (Å²) in [6, 6.07) is 10.6. The summed E-state index contributed by atoms with van der Waals surface area (Å²) in [6.07, 6.45) is 6.17. The van der Waals surface area contributed by atoms with Crippen LogP contribution in [0, 0.1) is 6.92 Å². The second-order valence-corrected chi connectivity index (χ2v) is 8.71. The fourth-order valence-electron chi connectivity index (χ4n) is 3.88. The van der Waals surface area contributed by atoms with Gasteiger partial charge in [-0.3, -0.25) is 4.68 Å². The van der Waals surface area contributed by atoms with Gasteiger partial charge >= 0.3 is 0 Å². The van der Waals surface area contributed by atoms with Crippen molar-refractivity contribution in [3.05, 3.63) is 53.7 Å². The number of nitrogens with zero attached hydrogens (tertiary/aromatic N) is 5. The third-order valence-electron chi connectivity index (χ3n) is 5.57. The average molecular weight is 420 g/mol. The fourth-order valence-corrected chi connectivity index (χ4v) is 4.80. The Morgan fingerprint density at radius 1 is 1.03 bits per heavy atom. The highest BCUT2D eigenvalue weighted by Gasteiger charge is 2.19. The van der Waals surface area contributed by atoms with E-state index in [2.05, 4.69) is 50.9 Å². The second kappa shape index (κ2) is 8.04. The van der Waals surface area contributed by atoms with Gasteiger partial charge in [0.1, 0.15) is 10.6 Å². The van der Waals surface area contributed by atoms with Gasteiger partial charge in [-0.2, -0.15) is 10.1 Å². The SMILES string of the molecule is Cc1csc2nc(Nc3cnn(C4CCN(C)CC4)c3)nc(Nc3ccccc3)c12. The van der Waals surface area contributed by atoms with E-state index in [0.29, 0.717) is 12.0 Å². The van der Waals surface area contributed by atoms with Crippen LogP contribution in [-0.4, -0.2) is 44.8 Å². The highest BCUT2D eigenvalue weighted by molar-refractivity contribution is 7.17. The number of hydrogen-bond donors (Lipinski definition) is 2. The van der Waals surface area contributed by atoms with Crippen LogP contribution in [0.3, 0.4) is 0 Å². The van der Waals surface area contributed by atoms with Crippen LogP contribution in [0.25, 0.3) is 10.2 Å². The summed E-state index contributed by atoms with van der Waals surface area (Å²) in [4.78, 5) is 12.9. The molecule has 154 valence electrons. The van der Waals surface area contributed by atoms with E-state index in [1.807, 2.05) is 36.5 Å². The molecule has 3 aromatic heterocycles. The number of rotatable bonds is 5. The molecular formula is C22H25N7S. The minimum atomic E-state index is 0.454. The Bertz CT molecular complexity index is 1140. The van der Waals surface area contributed by atoms with Gasteiger partial charge in [-0.1, -0.05) is 18.2 Å². The average Bonchev–Trinajstić information content (AvgIpc) is 3.36. The fraction of sp³-hybridized carbons (Fsp3) is 0.318. The van der Waals surface area contributed by atoms with Gasteiger partial charge in [0, 0.05) is 11.9 Å². The smallest absolute Gasteiger partial charge is 0.230 e. The van der Waals surface area contributed by atoms with Crippen LogP contribution in [0.15, 0.2) is 48.1 Å². The van der Waals surface area contributed by atoms with Gasteiger partial charge in [-0.15, -0.1) is 11.3 Å². The number of likely N-dealkylation sites (tertiary alicyclic amines) is 1. The molecule has 0 bridgehead atoms. The van der Waals surface area contributed by atoms with Crippen LogP contribution in [0.5, 0.6) is 0 Å². The van der Waals surface area contributed by atoms with Crippen LogP contribution in [0.4, 0.5) is 23.1 Å². The van der Waals surface area contributed by atoms with Crippen molar-refractivity contribution in [2.24, 2.45) is 0 Å². The molecule has 0 atom stereocenters. The maximum atomic E-state index is 4.79. The van der Waals surface area contributed by atoms with Gasteiger partial charge in [-0.25, -0.2) is 4.98 Å². The lowest BCUT2D eigenvalue weighted by Crippen LogP contribution is -2.31. The van der Waals surface area contributed by atoms with E-state index >= 15 is 0 Å². The number of nitrogens with one attached hydrogen (secondary N) is 2. The third kappa shape index (κ3) is 3.88. The lowest BCUT2D eigenvalue weighted by Gasteiger charge is -2.28. The van der Waals surface area contributed by atoms with Crippen LogP contribution in [-0.2, 0) is 0 Å². The Balaban J connectivity index is 1.41. The topological polar surface area (TPSA) is 70.9 Å². The Morgan fingerprint density at radius 3 is 2.63 bits per heavy atom. The molecule has 0 radical (unpaired) electrons. The predicted octanol–water partition coefficient (Wildman–Crippen LogP) is 4.95. The Labute approximate surface area is 179 Å². The van der Waals surface area contributed by atoms with Crippen LogP contribution in [0.2, 0.25) is 0 Å². The highest BCUT2D eigenvalue weighted by atomic mass is 32.1. The molecule has 2 N–H and O–H groups in total. The first-order valence-electron chi connectivity index (χ1n) is 10.2. The molecule has 1 fully saturated rings. The van der Waals surface area contributed by atoms with E-state index in [1.165, 1.54) is 5.56 Å². The molecule has 0 amide bonds. The molecule has 7 nitrogen and oxygen atoms in total. The molecule has 1 aromatic carbocycles. The van der Waals surface area contributed by atoms with Crippen molar-refractivity contribution in [2.45, 2.75) is 25.8 Å². The van der Waals surface area contributed by atoms with Crippen molar-refractivity contribution in [3.63, 3.8) is 0 Å². The van der Waals surface area contributed by atoms with E-state index in [0.717, 1.165) is 53.3 Å². The van der Waals surface area contributed by atoms with Gasteiger partial charge in [-0.05, 0) is 63.0 Å². The molecule has 4 aromatic rings. The summed E-state index contributed by atoms with van der Waals surface area (Å²) in [5.74, 6) is 1.39. The van der Waals surface area contributed by atoms with Crippen molar-refractivity contribution in [2.75, 3.05) is 30.8 Å².